The van der Waals surface area contributed by atoms with Gasteiger partial charge in [-0.1, -0.05) is 58.4 Å². The molecule has 0 radical (unpaired) electrons. The molecule has 2 rings (SSSR count). The zero-order valence-electron chi connectivity index (χ0n) is 77.0. The Balaban J connectivity index is -0.000000153. The van der Waals surface area contributed by atoms with Gasteiger partial charge >= 0.3 is 30.6 Å². The van der Waals surface area contributed by atoms with Crippen molar-refractivity contribution in [3.05, 3.63) is 197 Å². The molecule has 1 fully saturated rings. The number of nitrogens with zero attached hydrogens (tertiary/aromatic N) is 25. The summed E-state index contributed by atoms with van der Waals surface area (Å²) in [6.07, 6.45) is 36.2. The van der Waals surface area contributed by atoms with Gasteiger partial charge in [-0.2, -0.15) is 68.4 Å². The number of allylic oxidation sites excluding steroid dienone is 2. The Bertz CT molecular complexity index is 4270. The van der Waals surface area contributed by atoms with E-state index in [2.05, 4.69) is 120 Å². The molecule has 0 bridgehead atoms. The van der Waals surface area contributed by atoms with Gasteiger partial charge in [-0.3, -0.25) is 9.69 Å². The summed E-state index contributed by atoms with van der Waals surface area (Å²) >= 11 is 0. The van der Waals surface area contributed by atoms with Gasteiger partial charge in [-0.05, 0) is 129 Å². The maximum atomic E-state index is 8.81. The van der Waals surface area contributed by atoms with Crippen LogP contribution in [0, 0.1) is 311 Å². The van der Waals surface area contributed by atoms with Crippen LogP contribution in [-0.2, 0) is 23.7 Å². The van der Waals surface area contributed by atoms with Gasteiger partial charge in [0, 0.05) is 81.6 Å². The van der Waals surface area contributed by atoms with Crippen LogP contribution in [0.3, 0.4) is 0 Å². The highest BCUT2D eigenvalue weighted by Crippen LogP contribution is 2.36. The molecule has 9 unspecified atom stereocenters. The Morgan fingerprint density at radius 3 is 1.22 bits per heavy atom. The summed E-state index contributed by atoms with van der Waals surface area (Å²) in [6.45, 7) is 102. The van der Waals surface area contributed by atoms with Crippen LogP contribution in [0.15, 0.2) is 48.7 Å². The highest BCUT2D eigenvalue weighted by molar-refractivity contribution is 5.32. The van der Waals surface area contributed by atoms with E-state index in [1.54, 1.807) is 57.2 Å². The van der Waals surface area contributed by atoms with Crippen molar-refractivity contribution < 1.29 is 23.7 Å². The van der Waals surface area contributed by atoms with E-state index < -0.39 is 30.6 Å². The van der Waals surface area contributed by atoms with E-state index >= 15 is 0 Å². The quantitative estimate of drug-likeness (QED) is 0.0254. The van der Waals surface area contributed by atoms with Crippen molar-refractivity contribution in [3.8, 4) is 116 Å². The fourth-order valence-electron chi connectivity index (χ4n) is 8.91. The van der Waals surface area contributed by atoms with Crippen molar-refractivity contribution in [2.75, 3.05) is 79.1 Å². The fourth-order valence-corrected chi connectivity index (χ4v) is 8.91. The number of rotatable bonds is 41. The third kappa shape index (κ3) is 101. The van der Waals surface area contributed by atoms with E-state index in [1.807, 2.05) is 76.2 Å². The third-order valence-corrected chi connectivity index (χ3v) is 16.4. The van der Waals surface area contributed by atoms with Crippen LogP contribution in [0.1, 0.15) is 233 Å². The molecule has 1 saturated carbocycles. The Morgan fingerprint density at radius 1 is 0.408 bits per heavy atom. The number of nitriles is 13. The standard InChI is InChI=1S/C13H18N2O3.C12H15N3.C12H9N3.2C9H10N2.C8H7N3.C8H9N3.C8H15NO2.C7H7N3.C6H11N.C4H7N.C4H5N/c1-2-3-10-18-13(11-16-8-4-6-14)12-17-9-5-7-15;2*1-9(8-13)10-4-6-11(7-5-10)12(14-2)15-3;2*1-2-3-5-9(8-11)6-4-7-10;1-7(6-9)4-5-8(10-2)11-3;1-7(5-9)3-4-8(6-10)11-2;1-3-5-10-7-8-11-6-4-9-2;1-6(4-8)3-7(5-9)10-2;1-3-4-5-6-7-2;2*1-3-4-5-2/h1,13H,3-5,8-12H2;9-12H,4-7H2,1H3;4-7,9,12H,1H3;2*1,9H,3-6H2;4-5,7-8H,1H3;7-8H,3-4H2,1H3;3-8H2,1H3;6-7H,3H2,1H3;3-6H2,1H3;3-4H2,1H3;3-4H,1H3/b;;;;;5-4+;;;;;;4-3+. The number of unbranched alkanes of at least 4 members (excludes halogenated alkanes) is 2. The lowest BCUT2D eigenvalue weighted by atomic mass is 9.76. The molecule has 0 N–H and O–H groups in total. The van der Waals surface area contributed by atoms with Gasteiger partial charge in [0.15, 0.2) is 12.1 Å². The minimum absolute atomic E-state index is 0.0364. The van der Waals surface area contributed by atoms with Gasteiger partial charge in [0.2, 0.25) is 19.6 Å². The molecule has 0 amide bonds. The van der Waals surface area contributed by atoms with Gasteiger partial charge in [0.25, 0.3) is 0 Å². The van der Waals surface area contributed by atoms with E-state index in [0.717, 1.165) is 57.1 Å². The smallest absolute Gasteiger partial charge is 0.379 e. The molecule has 0 aromatic heterocycles. The summed E-state index contributed by atoms with van der Waals surface area (Å²) in [5.74, 6) is 7.57. The SMILES string of the molecule is C#CCCC(C#N)CCC#N.C#CCCC(C#N)CCC#N.C#CCCOC(COCCC#N)COCCC#N.[C-]#[N+]/C=C/C.[C-]#[N+]C(/C=C/C(C)C#N)[N+]#[C-].[C-]#[N+]C(C#N)CC(C)C#N.[C-]#[N+]C(C#N)CCC(C)C#N.[C-]#[N+]C([N+]#[C-])C1CCC(C(C)C#N)CC1.[C-]#[N+]C([N+]#[C-])c1ccc(C(C)C#N)cc1.[C-]#[N+]CCC.[C-]#[N+]CCCCC.[C-]#[N+]CCOCCOCCC. The Hall–Kier alpha value is -15.6. The summed E-state index contributed by atoms with van der Waals surface area (Å²) in [6, 6.07) is 32.2. The number of ether oxygens (including phenoxy) is 5. The number of terminal acetylenes is 3. The van der Waals surface area contributed by atoms with Crippen molar-refractivity contribution in [2.45, 2.75) is 253 Å². The zero-order valence-corrected chi connectivity index (χ0v) is 77.0. The van der Waals surface area contributed by atoms with E-state index in [9.17, 15) is 0 Å². The summed E-state index contributed by atoms with van der Waals surface area (Å²) in [7, 11) is 0. The lowest BCUT2D eigenvalue weighted by Crippen LogP contribution is -2.26. The topological polar surface area (TPSA) is 408 Å². The Labute approximate surface area is 779 Å². The molecular formula is C100H123N25O5. The number of hydrogen-bond acceptors (Lipinski definition) is 18. The van der Waals surface area contributed by atoms with Crippen molar-refractivity contribution in [2.24, 2.45) is 47.3 Å². The molecule has 130 heavy (non-hydrogen) atoms. The van der Waals surface area contributed by atoms with E-state index in [0.29, 0.717) is 174 Å². The van der Waals surface area contributed by atoms with Crippen molar-refractivity contribution in [1.82, 2.24) is 0 Å². The van der Waals surface area contributed by atoms with E-state index in [4.69, 9.17) is 190 Å². The van der Waals surface area contributed by atoms with Crippen molar-refractivity contribution in [1.29, 1.82) is 68.4 Å². The summed E-state index contributed by atoms with van der Waals surface area (Å²) in [4.78, 5) is 37.7. The predicted molar refractivity (Wildman–Crippen MR) is 497 cm³/mol. The molecule has 1 aliphatic carbocycles. The van der Waals surface area contributed by atoms with Crippen LogP contribution in [0.5, 0.6) is 0 Å². The van der Waals surface area contributed by atoms with Crippen LogP contribution in [0.4, 0.5) is 0 Å². The molecule has 0 spiro atoms. The molecule has 30 nitrogen and oxygen atoms in total. The van der Waals surface area contributed by atoms with Gasteiger partial charge in [-0.15, -0.1) is 37.0 Å². The summed E-state index contributed by atoms with van der Waals surface area (Å²) in [5, 5.41) is 110. The van der Waals surface area contributed by atoms with Crippen LogP contribution >= 0.6 is 0 Å². The molecule has 0 aliphatic heterocycles. The predicted octanol–water partition coefficient (Wildman–Crippen LogP) is 22.4. The third-order valence-electron chi connectivity index (χ3n) is 16.4. The highest BCUT2D eigenvalue weighted by atomic mass is 16.6. The molecule has 30 heteroatoms. The van der Waals surface area contributed by atoms with E-state index in [1.165, 1.54) is 25.1 Å². The highest BCUT2D eigenvalue weighted by Gasteiger charge is 2.36. The molecule has 0 saturated heterocycles. The first-order valence-electron chi connectivity index (χ1n) is 41.8. The molecular weight excluding hydrogens is 1630 g/mol. The maximum Gasteiger partial charge on any atom is 0.502 e. The monoisotopic (exact) mass is 1750 g/mol. The van der Waals surface area contributed by atoms with Crippen LogP contribution < -0.4 is 0 Å². The molecule has 1 aromatic carbocycles. The van der Waals surface area contributed by atoms with Gasteiger partial charge in [0.05, 0.1) is 163 Å². The fraction of sp³-hybridized carbons (Fsp3) is 0.590. The largest absolute Gasteiger partial charge is 0.502 e. The normalized spacial score (nSPS) is 12.6. The molecule has 0 heterocycles. The summed E-state index contributed by atoms with van der Waals surface area (Å²) in [5.41, 5.74) is 1.60. The first-order valence-corrected chi connectivity index (χ1v) is 41.8. The van der Waals surface area contributed by atoms with Crippen LogP contribution in [0.25, 0.3) is 58.1 Å². The minimum Gasteiger partial charge on any atom is -0.379 e. The minimum atomic E-state index is -0.759. The average Bonchev–Trinajstić information content (AvgIpc) is 0.874. The maximum absolute atomic E-state index is 8.81. The lowest BCUT2D eigenvalue weighted by molar-refractivity contribution is -0.0569. The van der Waals surface area contributed by atoms with Gasteiger partial charge in [0.1, 0.15) is 30.4 Å². The molecule has 1 aliphatic rings. The second kappa shape index (κ2) is 115. The second-order valence-electron chi connectivity index (χ2n) is 26.9. The van der Waals surface area contributed by atoms with Crippen molar-refractivity contribution in [3.63, 3.8) is 0 Å². The van der Waals surface area contributed by atoms with Gasteiger partial charge < -0.3 is 38.2 Å². The van der Waals surface area contributed by atoms with E-state index in [-0.39, 0.29) is 53.4 Å². The zero-order chi connectivity index (χ0) is 101. The van der Waals surface area contributed by atoms with Crippen LogP contribution in [-0.4, -0.2) is 110 Å². The molecule has 678 valence electrons. The van der Waals surface area contributed by atoms with Gasteiger partial charge in [-0.25, -0.2) is 106 Å². The second-order valence-corrected chi connectivity index (χ2v) is 26.9. The average molecular weight is 1760 g/mol. The number of benzene rings is 1. The Kier molecular flexibility index (Phi) is 120. The molecule has 9 atom stereocenters. The Morgan fingerprint density at radius 2 is 0.877 bits per heavy atom. The lowest BCUT2D eigenvalue weighted by Gasteiger charge is -2.26. The summed E-state index contributed by atoms with van der Waals surface area (Å²) < 4.78 is 26.3. The molecule has 1 aromatic rings. The van der Waals surface area contributed by atoms with Crippen molar-refractivity contribution >= 4 is 0 Å². The van der Waals surface area contributed by atoms with Crippen LogP contribution in [0.2, 0.25) is 0 Å². The first kappa shape index (κ1) is 135. The first-order chi connectivity index (χ1) is 62.9. The number of hydrogen-bond donors (Lipinski definition) is 0.